The molecule has 18 heavy (non-hydrogen) atoms. The first-order chi connectivity index (χ1) is 8.10. The number of aliphatic carboxylic acids is 3. The number of carbonyl (C=O) groups is 3. The van der Waals surface area contributed by atoms with Crippen molar-refractivity contribution in [3.05, 3.63) is 0 Å². The summed E-state index contributed by atoms with van der Waals surface area (Å²) >= 11 is 0. The normalized spacial score (nSPS) is 34.8. The molecule has 0 spiro atoms. The van der Waals surface area contributed by atoms with Gasteiger partial charge in [0.1, 0.15) is 0 Å². The van der Waals surface area contributed by atoms with Crippen LogP contribution in [0.25, 0.3) is 0 Å². The van der Waals surface area contributed by atoms with Crippen LogP contribution in [0, 0.1) is 22.7 Å². The lowest BCUT2D eigenvalue weighted by atomic mass is 9.50. The Morgan fingerprint density at radius 1 is 1.00 bits per heavy atom. The molecule has 1 aliphatic rings. The molecule has 0 aromatic rings. The summed E-state index contributed by atoms with van der Waals surface area (Å²) < 4.78 is 0. The molecule has 3 N–H and O–H groups in total. The van der Waals surface area contributed by atoms with Crippen molar-refractivity contribution >= 4 is 17.9 Å². The molecule has 1 rings (SSSR count). The molecular formula is C12H18O6. The quantitative estimate of drug-likeness (QED) is 0.658. The molecule has 1 saturated carbocycles. The van der Waals surface area contributed by atoms with Crippen LogP contribution in [0.1, 0.15) is 33.6 Å². The van der Waals surface area contributed by atoms with Crippen LogP contribution in [-0.4, -0.2) is 33.2 Å². The van der Waals surface area contributed by atoms with Gasteiger partial charge in [-0.1, -0.05) is 13.8 Å². The molecule has 1 aliphatic carbocycles. The number of hydrogen-bond donors (Lipinski definition) is 3. The van der Waals surface area contributed by atoms with E-state index in [4.69, 9.17) is 0 Å². The highest BCUT2D eigenvalue weighted by Crippen LogP contribution is 2.56. The average molecular weight is 258 g/mol. The van der Waals surface area contributed by atoms with E-state index in [0.29, 0.717) is 6.42 Å². The zero-order valence-corrected chi connectivity index (χ0v) is 10.6. The monoisotopic (exact) mass is 258 g/mol. The second kappa shape index (κ2) is 4.26. The van der Waals surface area contributed by atoms with E-state index in [2.05, 4.69) is 0 Å². The van der Waals surface area contributed by atoms with Gasteiger partial charge < -0.3 is 15.3 Å². The number of carboxylic acids is 3. The highest BCUT2D eigenvalue weighted by Gasteiger charge is 2.68. The van der Waals surface area contributed by atoms with Crippen molar-refractivity contribution < 1.29 is 29.7 Å². The molecule has 6 nitrogen and oxygen atoms in total. The number of hydrogen-bond acceptors (Lipinski definition) is 3. The molecule has 1 fully saturated rings. The van der Waals surface area contributed by atoms with E-state index >= 15 is 0 Å². The van der Waals surface area contributed by atoms with Gasteiger partial charge in [-0.15, -0.1) is 0 Å². The van der Waals surface area contributed by atoms with Gasteiger partial charge in [-0.25, -0.2) is 0 Å². The molecule has 0 saturated heterocycles. The van der Waals surface area contributed by atoms with Crippen molar-refractivity contribution in [1.82, 2.24) is 0 Å². The first-order valence-electron chi connectivity index (χ1n) is 5.80. The van der Waals surface area contributed by atoms with Crippen LogP contribution in [0.3, 0.4) is 0 Å². The van der Waals surface area contributed by atoms with Crippen LogP contribution in [-0.2, 0) is 14.4 Å². The Labute approximate surface area is 105 Å². The van der Waals surface area contributed by atoms with Crippen LogP contribution >= 0.6 is 0 Å². The van der Waals surface area contributed by atoms with Gasteiger partial charge in [0.2, 0.25) is 0 Å². The van der Waals surface area contributed by atoms with Gasteiger partial charge in [0.05, 0.1) is 5.41 Å². The molecule has 0 unspecified atom stereocenters. The minimum absolute atomic E-state index is 0.0204. The topological polar surface area (TPSA) is 112 Å². The van der Waals surface area contributed by atoms with E-state index in [-0.39, 0.29) is 12.3 Å². The molecule has 0 aromatic heterocycles. The molecule has 0 aromatic carbocycles. The lowest BCUT2D eigenvalue weighted by Crippen LogP contribution is -2.62. The predicted octanol–water partition coefficient (Wildman–Crippen LogP) is 1.30. The second-order valence-electron chi connectivity index (χ2n) is 5.50. The van der Waals surface area contributed by atoms with E-state index in [1.807, 2.05) is 6.92 Å². The molecule has 6 heteroatoms. The number of carboxylic acid groups (broad SMARTS) is 3. The molecule has 0 heterocycles. The largest absolute Gasteiger partial charge is 0.481 e. The highest BCUT2D eigenvalue weighted by molar-refractivity contribution is 6.04. The molecule has 3 atom stereocenters. The van der Waals surface area contributed by atoms with Gasteiger partial charge in [0.15, 0.2) is 5.41 Å². The summed E-state index contributed by atoms with van der Waals surface area (Å²) in [7, 11) is 0. The summed E-state index contributed by atoms with van der Waals surface area (Å²) in [5.74, 6) is -5.27. The van der Waals surface area contributed by atoms with E-state index < -0.39 is 34.7 Å². The summed E-state index contributed by atoms with van der Waals surface area (Å²) in [4.78, 5) is 34.5. The van der Waals surface area contributed by atoms with Crippen molar-refractivity contribution in [3.63, 3.8) is 0 Å². The Morgan fingerprint density at radius 2 is 1.44 bits per heavy atom. The fourth-order valence-corrected chi connectivity index (χ4v) is 3.51. The van der Waals surface area contributed by atoms with E-state index in [9.17, 15) is 29.7 Å². The fourth-order valence-electron chi connectivity index (χ4n) is 3.51. The fraction of sp³-hybridized carbons (Fsp3) is 0.750. The first kappa shape index (κ1) is 14.5. The zero-order valence-electron chi connectivity index (χ0n) is 10.6. The molecular weight excluding hydrogens is 240 g/mol. The van der Waals surface area contributed by atoms with E-state index in [0.717, 1.165) is 0 Å². The molecule has 0 amide bonds. The smallest absolute Gasteiger partial charge is 0.322 e. The lowest BCUT2D eigenvalue weighted by molar-refractivity contribution is -0.198. The second-order valence-corrected chi connectivity index (χ2v) is 5.50. The Kier molecular flexibility index (Phi) is 3.42. The van der Waals surface area contributed by atoms with Crippen LogP contribution in [0.4, 0.5) is 0 Å². The van der Waals surface area contributed by atoms with Gasteiger partial charge >= 0.3 is 17.9 Å². The molecule has 0 bridgehead atoms. The van der Waals surface area contributed by atoms with Crippen molar-refractivity contribution in [2.24, 2.45) is 22.7 Å². The highest BCUT2D eigenvalue weighted by atomic mass is 16.4. The molecule has 0 radical (unpaired) electrons. The van der Waals surface area contributed by atoms with Crippen LogP contribution in [0.15, 0.2) is 0 Å². The van der Waals surface area contributed by atoms with Gasteiger partial charge in [0.25, 0.3) is 0 Å². The summed E-state index contributed by atoms with van der Waals surface area (Å²) in [5, 5.41) is 28.1. The minimum atomic E-state index is -2.27. The Morgan fingerprint density at radius 3 is 1.78 bits per heavy atom. The lowest BCUT2D eigenvalue weighted by Gasteiger charge is -2.49. The van der Waals surface area contributed by atoms with Crippen molar-refractivity contribution in [1.29, 1.82) is 0 Å². The summed E-state index contributed by atoms with van der Waals surface area (Å²) in [6.07, 6.45) is 0.437. The maximum absolute atomic E-state index is 11.5. The van der Waals surface area contributed by atoms with Crippen molar-refractivity contribution in [2.45, 2.75) is 33.6 Å². The molecule has 102 valence electrons. The van der Waals surface area contributed by atoms with Crippen LogP contribution in [0.5, 0.6) is 0 Å². The standard InChI is InChI=1S/C12H18O6/c1-6-4-7(2)12(9(15)16,10(17)18)11(3,5-6)8(13)14/h6-7H,4-5H2,1-3H3,(H,13,14)(H,15,16)(H,17,18)/t6-,7-,11+/m1/s1. The Hall–Kier alpha value is -1.59. The van der Waals surface area contributed by atoms with Crippen molar-refractivity contribution in [3.8, 4) is 0 Å². The zero-order chi connectivity index (χ0) is 14.3. The van der Waals surface area contributed by atoms with Crippen LogP contribution < -0.4 is 0 Å². The Balaban J connectivity index is 3.54. The number of rotatable bonds is 3. The maximum Gasteiger partial charge on any atom is 0.322 e. The van der Waals surface area contributed by atoms with Gasteiger partial charge in [0, 0.05) is 0 Å². The SMILES string of the molecule is C[C@@H]1C[C@@H](C)C(C(=O)O)(C(=O)O)[C@](C)(C(=O)O)C1. The third-order valence-electron chi connectivity index (χ3n) is 4.27. The third kappa shape index (κ3) is 1.59. The minimum Gasteiger partial charge on any atom is -0.481 e. The Bertz CT molecular complexity index is 387. The summed E-state index contributed by atoms with van der Waals surface area (Å²) in [5.41, 5.74) is -4.08. The average Bonchev–Trinajstić information content (AvgIpc) is 2.14. The van der Waals surface area contributed by atoms with Crippen LogP contribution in [0.2, 0.25) is 0 Å². The first-order valence-corrected chi connectivity index (χ1v) is 5.80. The third-order valence-corrected chi connectivity index (χ3v) is 4.27. The maximum atomic E-state index is 11.5. The predicted molar refractivity (Wildman–Crippen MR) is 61.0 cm³/mol. The summed E-state index contributed by atoms with van der Waals surface area (Å²) in [6.45, 7) is 4.54. The van der Waals surface area contributed by atoms with E-state index in [1.165, 1.54) is 13.8 Å². The van der Waals surface area contributed by atoms with Gasteiger partial charge in [-0.3, -0.25) is 14.4 Å². The summed E-state index contributed by atoms with van der Waals surface area (Å²) in [6, 6.07) is 0. The van der Waals surface area contributed by atoms with Gasteiger partial charge in [-0.2, -0.15) is 0 Å². The van der Waals surface area contributed by atoms with Gasteiger partial charge in [-0.05, 0) is 31.6 Å². The van der Waals surface area contributed by atoms with Crippen molar-refractivity contribution in [2.75, 3.05) is 0 Å². The molecule has 0 aliphatic heterocycles. The van der Waals surface area contributed by atoms with E-state index in [1.54, 1.807) is 0 Å².